The Hall–Kier alpha value is -3.76. The van der Waals surface area contributed by atoms with Gasteiger partial charge in [-0.15, -0.1) is 0 Å². The van der Waals surface area contributed by atoms with E-state index in [1.165, 1.54) is 18.4 Å². The van der Waals surface area contributed by atoms with Crippen molar-refractivity contribution in [2.45, 2.75) is 18.6 Å². The molecule has 0 fully saturated rings. The molecule has 168 valence electrons. The van der Waals surface area contributed by atoms with Crippen molar-refractivity contribution in [1.29, 1.82) is 0 Å². The third-order valence-electron chi connectivity index (χ3n) is 4.63. The molecule has 1 aromatic heterocycles. The molecule has 1 aliphatic heterocycles. The predicted octanol–water partition coefficient (Wildman–Crippen LogP) is 3.83. The highest BCUT2D eigenvalue weighted by Gasteiger charge is 2.40. The van der Waals surface area contributed by atoms with Gasteiger partial charge < -0.3 is 19.5 Å². The summed E-state index contributed by atoms with van der Waals surface area (Å²) in [5.74, 6) is -1.75. The van der Waals surface area contributed by atoms with Gasteiger partial charge >= 0.3 is 12.1 Å². The first kappa shape index (κ1) is 21.5. The van der Waals surface area contributed by atoms with Gasteiger partial charge in [0.2, 0.25) is 6.79 Å². The van der Waals surface area contributed by atoms with Gasteiger partial charge in [-0.1, -0.05) is 0 Å². The summed E-state index contributed by atoms with van der Waals surface area (Å²) in [4.78, 5) is 11.4. The van der Waals surface area contributed by atoms with Crippen molar-refractivity contribution in [3.8, 4) is 11.4 Å². The number of ether oxygens (including phenoxy) is 3. The minimum Gasteiger partial charge on any atom is -0.491 e. The lowest BCUT2D eigenvalue weighted by Crippen LogP contribution is -2.45. The van der Waals surface area contributed by atoms with Crippen LogP contribution in [0.4, 0.5) is 17.6 Å². The molecular weight excluding hydrogens is 434 g/mol. The van der Waals surface area contributed by atoms with Gasteiger partial charge in [0.05, 0.1) is 23.4 Å². The van der Waals surface area contributed by atoms with Crippen molar-refractivity contribution in [1.82, 2.24) is 15.1 Å². The summed E-state index contributed by atoms with van der Waals surface area (Å²) in [6, 6.07) is 9.83. The zero-order valence-electron chi connectivity index (χ0n) is 16.4. The lowest BCUT2D eigenvalue weighted by molar-refractivity contribution is -0.174. The van der Waals surface area contributed by atoms with Gasteiger partial charge in [0.25, 0.3) is 0 Å². The minimum atomic E-state index is -5.02. The maximum absolute atomic E-state index is 13.2. The normalized spacial score (nSPS) is 14.4. The molecule has 1 aliphatic rings. The lowest BCUT2D eigenvalue weighted by atomic mass is 10.2. The Kier molecular flexibility index (Phi) is 5.89. The molecule has 3 aromatic rings. The van der Waals surface area contributed by atoms with Crippen LogP contribution in [0.2, 0.25) is 0 Å². The molecule has 0 spiro atoms. The second kappa shape index (κ2) is 8.77. The number of aromatic nitrogens is 2. The lowest BCUT2D eigenvalue weighted by Gasteiger charge is -2.20. The molecular formula is C21H17F4N3O4. The van der Waals surface area contributed by atoms with E-state index < -0.39 is 18.1 Å². The number of carbonyl (C=O) groups excluding carboxylic acids is 1. The molecule has 0 aliphatic carbocycles. The van der Waals surface area contributed by atoms with Crippen LogP contribution in [0.15, 0.2) is 60.7 Å². The monoisotopic (exact) mass is 451 g/mol. The number of hydrogen-bond donors (Lipinski definition) is 1. The topological polar surface area (TPSA) is 74.6 Å². The number of benzene rings is 2. The van der Waals surface area contributed by atoms with Crippen LogP contribution in [0.3, 0.4) is 0 Å². The first-order valence-electron chi connectivity index (χ1n) is 9.47. The Morgan fingerprint density at radius 3 is 2.69 bits per heavy atom. The number of alkyl halides is 3. The molecule has 32 heavy (non-hydrogen) atoms. The van der Waals surface area contributed by atoms with Crippen LogP contribution < -0.4 is 10.1 Å². The molecule has 0 radical (unpaired) electrons. The highest BCUT2D eigenvalue weighted by Crippen LogP contribution is 2.24. The van der Waals surface area contributed by atoms with Crippen molar-refractivity contribution in [2.75, 3.05) is 13.4 Å². The standard InChI is InChI=1S/C21H17F4N3O4/c22-14-1-3-16(4-2-14)28-19-6-5-17(7-13(19)9-26-28)31-10-15(8-18-11-30-12-32-18)27-20(29)21(23,24)25/h1-7,9,11,15H,8,10,12H2,(H,27,29). The summed E-state index contributed by atoms with van der Waals surface area (Å²) in [5.41, 5.74) is 1.39. The van der Waals surface area contributed by atoms with E-state index in [1.54, 1.807) is 41.2 Å². The second-order valence-corrected chi connectivity index (χ2v) is 6.95. The number of carbonyl (C=O) groups is 1. The van der Waals surface area contributed by atoms with Gasteiger partial charge in [-0.2, -0.15) is 18.3 Å². The van der Waals surface area contributed by atoms with Crippen molar-refractivity contribution in [2.24, 2.45) is 0 Å². The maximum atomic E-state index is 13.2. The molecule has 0 bridgehead atoms. The first-order valence-corrected chi connectivity index (χ1v) is 9.47. The fourth-order valence-electron chi connectivity index (χ4n) is 3.13. The summed E-state index contributed by atoms with van der Waals surface area (Å²) in [6.45, 7) is -0.273. The summed E-state index contributed by atoms with van der Waals surface area (Å²) in [5, 5.41) is 6.90. The van der Waals surface area contributed by atoms with Crippen LogP contribution in [0.25, 0.3) is 16.6 Å². The van der Waals surface area contributed by atoms with Crippen LogP contribution in [0.1, 0.15) is 6.42 Å². The summed E-state index contributed by atoms with van der Waals surface area (Å²) < 4.78 is 68.5. The number of hydrogen-bond acceptors (Lipinski definition) is 5. The first-order chi connectivity index (χ1) is 15.3. The summed E-state index contributed by atoms with van der Waals surface area (Å²) in [6.07, 6.45) is -2.19. The molecule has 2 heterocycles. The van der Waals surface area contributed by atoms with E-state index in [2.05, 4.69) is 5.10 Å². The van der Waals surface area contributed by atoms with Crippen molar-refractivity contribution < 1.29 is 36.6 Å². The van der Waals surface area contributed by atoms with Crippen LogP contribution in [-0.4, -0.2) is 41.3 Å². The average Bonchev–Trinajstić information content (AvgIpc) is 3.41. The SMILES string of the molecule is O=C(NC(COc1ccc2c(cnn2-c2ccc(F)cc2)c1)CC1=COCO1)C(F)(F)F. The van der Waals surface area contributed by atoms with Gasteiger partial charge in [0.1, 0.15) is 30.2 Å². The highest BCUT2D eigenvalue weighted by atomic mass is 19.4. The number of fused-ring (bicyclic) bond motifs is 1. The molecule has 1 N–H and O–H groups in total. The zero-order chi connectivity index (χ0) is 22.7. The number of halogens is 4. The molecule has 0 saturated heterocycles. The van der Waals surface area contributed by atoms with E-state index >= 15 is 0 Å². The minimum absolute atomic E-state index is 0.0352. The third kappa shape index (κ3) is 4.93. The fraction of sp³-hybridized carbons (Fsp3) is 0.238. The third-order valence-corrected chi connectivity index (χ3v) is 4.63. The van der Waals surface area contributed by atoms with E-state index in [0.29, 0.717) is 22.6 Å². The number of nitrogens with zero attached hydrogens (tertiary/aromatic N) is 2. The zero-order valence-corrected chi connectivity index (χ0v) is 16.4. The summed E-state index contributed by atoms with van der Waals surface area (Å²) in [7, 11) is 0. The number of rotatable bonds is 7. The molecule has 1 unspecified atom stereocenters. The van der Waals surface area contributed by atoms with Gasteiger partial charge in [-0.25, -0.2) is 9.07 Å². The van der Waals surface area contributed by atoms with E-state index in [0.717, 1.165) is 5.52 Å². The Morgan fingerprint density at radius 1 is 1.22 bits per heavy atom. The van der Waals surface area contributed by atoms with E-state index in [-0.39, 0.29) is 25.6 Å². The Labute approximate surface area is 179 Å². The molecule has 0 saturated carbocycles. The highest BCUT2D eigenvalue weighted by molar-refractivity contribution is 5.82. The van der Waals surface area contributed by atoms with Gasteiger partial charge in [-0.05, 0) is 42.5 Å². The molecule has 4 rings (SSSR count). The van der Waals surface area contributed by atoms with E-state index in [1.807, 2.05) is 5.32 Å². The van der Waals surface area contributed by atoms with Crippen molar-refractivity contribution >= 4 is 16.8 Å². The Balaban J connectivity index is 1.48. The maximum Gasteiger partial charge on any atom is 0.471 e. The number of amides is 1. The van der Waals surface area contributed by atoms with Gasteiger partial charge in [0.15, 0.2) is 0 Å². The second-order valence-electron chi connectivity index (χ2n) is 6.95. The number of nitrogens with one attached hydrogen (secondary N) is 1. The Bertz CT molecular complexity index is 1140. The smallest absolute Gasteiger partial charge is 0.471 e. The van der Waals surface area contributed by atoms with Gasteiger partial charge in [0, 0.05) is 11.8 Å². The fourth-order valence-corrected chi connectivity index (χ4v) is 3.13. The van der Waals surface area contributed by atoms with E-state index in [4.69, 9.17) is 14.2 Å². The van der Waals surface area contributed by atoms with Gasteiger partial charge in [-0.3, -0.25) is 4.79 Å². The molecule has 7 nitrogen and oxygen atoms in total. The largest absolute Gasteiger partial charge is 0.491 e. The van der Waals surface area contributed by atoms with Crippen molar-refractivity contribution in [3.05, 3.63) is 66.5 Å². The predicted molar refractivity (Wildman–Crippen MR) is 104 cm³/mol. The van der Waals surface area contributed by atoms with Crippen molar-refractivity contribution in [3.63, 3.8) is 0 Å². The van der Waals surface area contributed by atoms with Crippen LogP contribution in [0.5, 0.6) is 5.75 Å². The molecule has 11 heteroatoms. The molecule has 1 amide bonds. The van der Waals surface area contributed by atoms with Crippen LogP contribution >= 0.6 is 0 Å². The van der Waals surface area contributed by atoms with Crippen LogP contribution in [-0.2, 0) is 14.3 Å². The van der Waals surface area contributed by atoms with E-state index in [9.17, 15) is 22.4 Å². The average molecular weight is 451 g/mol. The quantitative estimate of drug-likeness (QED) is 0.553. The summed E-state index contributed by atoms with van der Waals surface area (Å²) >= 11 is 0. The molecule has 2 aromatic carbocycles. The Morgan fingerprint density at radius 2 is 2.00 bits per heavy atom. The van der Waals surface area contributed by atoms with Crippen LogP contribution in [0, 0.1) is 5.82 Å². The molecule has 1 atom stereocenters.